The summed E-state index contributed by atoms with van der Waals surface area (Å²) < 4.78 is 5.36. The number of nitrogens with one attached hydrogen (secondary N) is 2. The molecule has 0 unspecified atom stereocenters. The van der Waals surface area contributed by atoms with Crippen LogP contribution >= 0.6 is 0 Å². The first-order valence-electron chi connectivity index (χ1n) is 6.32. The second-order valence-electron chi connectivity index (χ2n) is 4.94. The van der Waals surface area contributed by atoms with Gasteiger partial charge in [0.1, 0.15) is 0 Å². The molecule has 2 N–H and O–H groups in total. The summed E-state index contributed by atoms with van der Waals surface area (Å²) in [5.41, 5.74) is -0.212. The monoisotopic (exact) mass is 239 g/mol. The number of ether oxygens (including phenoxy) is 1. The number of hydrogen-bond donors (Lipinski definition) is 2. The summed E-state index contributed by atoms with van der Waals surface area (Å²) in [5, 5.41) is 6.70. The van der Waals surface area contributed by atoms with Gasteiger partial charge in [-0.1, -0.05) is 12.2 Å². The predicted molar refractivity (Wildman–Crippen MR) is 72.4 cm³/mol. The molecule has 0 aromatic heterocycles. The van der Waals surface area contributed by atoms with Crippen LogP contribution in [0.15, 0.2) is 17.1 Å². The quantitative estimate of drug-likeness (QED) is 0.436. The van der Waals surface area contributed by atoms with Gasteiger partial charge in [0.15, 0.2) is 5.96 Å². The maximum atomic E-state index is 5.36. The number of methoxy groups -OCH3 is 1. The van der Waals surface area contributed by atoms with E-state index in [1.165, 1.54) is 0 Å². The highest BCUT2D eigenvalue weighted by molar-refractivity contribution is 5.80. The average molecular weight is 239 g/mol. The minimum Gasteiger partial charge on any atom is -0.377 e. The van der Waals surface area contributed by atoms with Gasteiger partial charge in [-0.3, -0.25) is 4.99 Å². The molecule has 0 saturated carbocycles. The molecule has 0 aliphatic heterocycles. The van der Waals surface area contributed by atoms with Crippen molar-refractivity contribution in [2.24, 2.45) is 4.99 Å². The summed E-state index contributed by atoms with van der Waals surface area (Å²) in [4.78, 5) is 4.56. The highest BCUT2D eigenvalue weighted by Crippen LogP contribution is 2.10. The zero-order valence-electron chi connectivity index (χ0n) is 11.4. The second-order valence-corrected chi connectivity index (χ2v) is 4.94. The molecule has 17 heavy (non-hydrogen) atoms. The third-order valence-corrected chi connectivity index (χ3v) is 2.86. The standard InChI is InChI=1S/C13H25N3O/c1-5-14-12(15-10-13(2,3)17-4)16-11-8-6-7-9-11/h6-7,11H,5,8-10H2,1-4H3,(H2,14,15,16). The molecule has 4 heteroatoms. The number of rotatable bonds is 5. The normalized spacial score (nSPS) is 17.5. The molecule has 98 valence electrons. The molecule has 0 spiro atoms. The van der Waals surface area contributed by atoms with Crippen molar-refractivity contribution in [1.82, 2.24) is 10.6 Å². The first kappa shape index (κ1) is 14.0. The Labute approximate surface area is 105 Å². The van der Waals surface area contributed by atoms with Crippen LogP contribution in [-0.2, 0) is 4.74 Å². The topological polar surface area (TPSA) is 45.7 Å². The summed E-state index contributed by atoms with van der Waals surface area (Å²) >= 11 is 0. The van der Waals surface area contributed by atoms with E-state index in [-0.39, 0.29) is 5.60 Å². The molecular weight excluding hydrogens is 214 g/mol. The van der Waals surface area contributed by atoms with Crippen LogP contribution in [0.4, 0.5) is 0 Å². The molecule has 0 fully saturated rings. The average Bonchev–Trinajstić information content (AvgIpc) is 2.79. The molecule has 0 atom stereocenters. The molecule has 1 aliphatic carbocycles. The van der Waals surface area contributed by atoms with Gasteiger partial charge in [0.05, 0.1) is 12.1 Å². The van der Waals surface area contributed by atoms with E-state index < -0.39 is 0 Å². The van der Waals surface area contributed by atoms with Gasteiger partial charge < -0.3 is 15.4 Å². The molecule has 0 amide bonds. The lowest BCUT2D eigenvalue weighted by Crippen LogP contribution is -2.43. The van der Waals surface area contributed by atoms with E-state index >= 15 is 0 Å². The van der Waals surface area contributed by atoms with Crippen molar-refractivity contribution < 1.29 is 4.74 Å². The van der Waals surface area contributed by atoms with E-state index in [2.05, 4.69) is 34.7 Å². The fourth-order valence-corrected chi connectivity index (χ4v) is 1.58. The zero-order chi connectivity index (χ0) is 12.7. The van der Waals surface area contributed by atoms with Crippen molar-refractivity contribution in [2.45, 2.75) is 45.3 Å². The predicted octanol–water partition coefficient (Wildman–Crippen LogP) is 1.69. The van der Waals surface area contributed by atoms with Gasteiger partial charge in [0, 0.05) is 19.7 Å². The number of aliphatic imine (C=N–C) groups is 1. The van der Waals surface area contributed by atoms with Gasteiger partial charge in [0.2, 0.25) is 0 Å². The first-order valence-corrected chi connectivity index (χ1v) is 6.32. The Bertz CT molecular complexity index is 276. The van der Waals surface area contributed by atoms with E-state index in [1.54, 1.807) is 7.11 Å². The van der Waals surface area contributed by atoms with E-state index in [0.717, 1.165) is 25.3 Å². The molecule has 0 saturated heterocycles. The highest BCUT2D eigenvalue weighted by Gasteiger charge is 2.17. The third-order valence-electron chi connectivity index (χ3n) is 2.86. The van der Waals surface area contributed by atoms with Crippen molar-refractivity contribution >= 4 is 5.96 Å². The van der Waals surface area contributed by atoms with E-state index in [0.29, 0.717) is 12.6 Å². The molecule has 0 aromatic carbocycles. The van der Waals surface area contributed by atoms with E-state index in [4.69, 9.17) is 4.74 Å². The van der Waals surface area contributed by atoms with Gasteiger partial charge >= 0.3 is 0 Å². The van der Waals surface area contributed by atoms with Crippen molar-refractivity contribution in [2.75, 3.05) is 20.2 Å². The summed E-state index contributed by atoms with van der Waals surface area (Å²) in [7, 11) is 1.72. The van der Waals surface area contributed by atoms with Crippen molar-refractivity contribution in [3.8, 4) is 0 Å². The lowest BCUT2D eigenvalue weighted by atomic mass is 10.1. The Balaban J connectivity index is 2.48. The molecule has 1 aliphatic rings. The molecular formula is C13H25N3O. The molecule has 0 heterocycles. The Kier molecular flexibility index (Phi) is 5.48. The molecule has 0 radical (unpaired) electrons. The summed E-state index contributed by atoms with van der Waals surface area (Å²) in [6, 6.07) is 0.485. The minimum absolute atomic E-state index is 0.212. The Morgan fingerprint density at radius 3 is 2.59 bits per heavy atom. The van der Waals surface area contributed by atoms with Gasteiger partial charge in [-0.05, 0) is 33.6 Å². The molecule has 4 nitrogen and oxygen atoms in total. The van der Waals surface area contributed by atoms with Crippen LogP contribution in [0.1, 0.15) is 33.6 Å². The summed E-state index contributed by atoms with van der Waals surface area (Å²) in [6.07, 6.45) is 6.58. The SMILES string of the molecule is CCNC(=NCC(C)(C)OC)NC1CC=CC1. The number of hydrogen-bond acceptors (Lipinski definition) is 2. The summed E-state index contributed by atoms with van der Waals surface area (Å²) in [6.45, 7) is 7.68. The maximum absolute atomic E-state index is 5.36. The van der Waals surface area contributed by atoms with Crippen LogP contribution in [-0.4, -0.2) is 37.8 Å². The fourth-order valence-electron chi connectivity index (χ4n) is 1.58. The van der Waals surface area contributed by atoms with Gasteiger partial charge in [-0.25, -0.2) is 0 Å². The van der Waals surface area contributed by atoms with Crippen LogP contribution < -0.4 is 10.6 Å². The third kappa shape index (κ3) is 5.22. The van der Waals surface area contributed by atoms with E-state index in [9.17, 15) is 0 Å². The second kappa shape index (κ2) is 6.64. The van der Waals surface area contributed by atoms with Gasteiger partial charge in [0.25, 0.3) is 0 Å². The van der Waals surface area contributed by atoms with Crippen LogP contribution in [0.5, 0.6) is 0 Å². The zero-order valence-corrected chi connectivity index (χ0v) is 11.4. The smallest absolute Gasteiger partial charge is 0.191 e. The Morgan fingerprint density at radius 1 is 1.41 bits per heavy atom. The van der Waals surface area contributed by atoms with E-state index in [1.807, 2.05) is 13.8 Å². The maximum Gasteiger partial charge on any atom is 0.191 e. The Morgan fingerprint density at radius 2 is 2.06 bits per heavy atom. The van der Waals surface area contributed by atoms with Crippen LogP contribution in [0.3, 0.4) is 0 Å². The fraction of sp³-hybridized carbons (Fsp3) is 0.769. The van der Waals surface area contributed by atoms with Crippen molar-refractivity contribution in [1.29, 1.82) is 0 Å². The lowest BCUT2D eigenvalue weighted by Gasteiger charge is -2.22. The lowest BCUT2D eigenvalue weighted by molar-refractivity contribution is 0.0310. The van der Waals surface area contributed by atoms with Crippen LogP contribution in [0.25, 0.3) is 0 Å². The Hall–Kier alpha value is -1.03. The molecule has 0 aromatic rings. The number of guanidine groups is 1. The van der Waals surface area contributed by atoms with Crippen molar-refractivity contribution in [3.05, 3.63) is 12.2 Å². The highest BCUT2D eigenvalue weighted by atomic mass is 16.5. The minimum atomic E-state index is -0.212. The van der Waals surface area contributed by atoms with Crippen LogP contribution in [0.2, 0.25) is 0 Å². The molecule has 0 bridgehead atoms. The summed E-state index contributed by atoms with van der Waals surface area (Å²) in [5.74, 6) is 0.881. The number of nitrogens with zero attached hydrogens (tertiary/aromatic N) is 1. The van der Waals surface area contributed by atoms with Gasteiger partial charge in [-0.2, -0.15) is 0 Å². The largest absolute Gasteiger partial charge is 0.377 e. The van der Waals surface area contributed by atoms with Crippen LogP contribution in [0, 0.1) is 0 Å². The molecule has 1 rings (SSSR count). The first-order chi connectivity index (χ1) is 8.07. The van der Waals surface area contributed by atoms with Gasteiger partial charge in [-0.15, -0.1) is 0 Å². The van der Waals surface area contributed by atoms with Crippen molar-refractivity contribution in [3.63, 3.8) is 0 Å².